The minimum absolute atomic E-state index is 0.0934. The van der Waals surface area contributed by atoms with Gasteiger partial charge in [-0.05, 0) is 109 Å². The molecule has 6 nitrogen and oxygen atoms in total. The first kappa shape index (κ1) is 58.9. The third kappa shape index (κ3) is 47.9. The summed E-state index contributed by atoms with van der Waals surface area (Å²) in [5.74, 6) is -0.933. The summed E-state index contributed by atoms with van der Waals surface area (Å²) >= 11 is 0. The first-order chi connectivity index (χ1) is 30.5. The van der Waals surface area contributed by atoms with Crippen LogP contribution in [0.25, 0.3) is 0 Å². The summed E-state index contributed by atoms with van der Waals surface area (Å²) in [6.45, 7) is 6.51. The molecule has 0 aromatic rings. The molecule has 0 aliphatic rings. The van der Waals surface area contributed by atoms with E-state index in [1.54, 1.807) is 0 Å². The lowest BCUT2D eigenvalue weighted by Crippen LogP contribution is -2.30. The third-order valence-corrected chi connectivity index (χ3v) is 10.9. The monoisotopic (exact) mass is 865 g/mol. The van der Waals surface area contributed by atoms with Gasteiger partial charge in [-0.1, -0.05) is 190 Å². The van der Waals surface area contributed by atoms with Crippen molar-refractivity contribution in [2.24, 2.45) is 0 Å². The van der Waals surface area contributed by atoms with E-state index in [9.17, 15) is 14.4 Å². The normalized spacial score (nSPS) is 12.6. The molecule has 0 saturated heterocycles. The maximum atomic E-state index is 12.8. The minimum Gasteiger partial charge on any atom is -0.462 e. The minimum atomic E-state index is -0.794. The highest BCUT2D eigenvalue weighted by atomic mass is 16.6. The summed E-state index contributed by atoms with van der Waals surface area (Å²) in [5, 5.41) is 0. The molecule has 0 amide bonds. The molecule has 356 valence electrons. The number of allylic oxidation sites excluding steroid dienone is 12. The highest BCUT2D eigenvalue weighted by molar-refractivity contribution is 5.71. The van der Waals surface area contributed by atoms with Crippen molar-refractivity contribution < 1.29 is 28.6 Å². The van der Waals surface area contributed by atoms with Crippen molar-refractivity contribution in [2.45, 2.75) is 252 Å². The van der Waals surface area contributed by atoms with Crippen molar-refractivity contribution in [3.8, 4) is 0 Å². The molecule has 0 aromatic heterocycles. The molecule has 0 aromatic carbocycles. The van der Waals surface area contributed by atoms with Crippen molar-refractivity contribution in [2.75, 3.05) is 13.2 Å². The van der Waals surface area contributed by atoms with E-state index in [4.69, 9.17) is 14.2 Å². The maximum absolute atomic E-state index is 12.8. The molecule has 0 N–H and O–H groups in total. The Morgan fingerprint density at radius 3 is 0.935 bits per heavy atom. The topological polar surface area (TPSA) is 78.9 Å². The Bertz CT molecular complexity index is 1180. The van der Waals surface area contributed by atoms with Crippen LogP contribution in [0.5, 0.6) is 0 Å². The molecule has 0 rings (SSSR count). The fraction of sp³-hybridized carbons (Fsp3) is 0.732. The fourth-order valence-electron chi connectivity index (χ4n) is 6.93. The predicted octanol–water partition coefficient (Wildman–Crippen LogP) is 17.0. The molecule has 0 aliphatic carbocycles. The molecule has 0 spiro atoms. The molecule has 1 atom stereocenters. The summed E-state index contributed by atoms with van der Waals surface area (Å²) in [5.41, 5.74) is 0. The lowest BCUT2D eigenvalue weighted by Gasteiger charge is -2.18. The van der Waals surface area contributed by atoms with Crippen molar-refractivity contribution in [1.82, 2.24) is 0 Å². The van der Waals surface area contributed by atoms with Gasteiger partial charge in [0, 0.05) is 19.3 Å². The van der Waals surface area contributed by atoms with E-state index in [1.807, 2.05) is 0 Å². The van der Waals surface area contributed by atoms with Crippen molar-refractivity contribution in [3.63, 3.8) is 0 Å². The van der Waals surface area contributed by atoms with Crippen LogP contribution in [-0.4, -0.2) is 37.2 Å². The first-order valence-corrected chi connectivity index (χ1v) is 25.9. The highest BCUT2D eigenvalue weighted by Gasteiger charge is 2.19. The molecule has 0 radical (unpaired) electrons. The quantitative estimate of drug-likeness (QED) is 0.0262. The van der Waals surface area contributed by atoms with Gasteiger partial charge in [-0.15, -0.1) is 0 Å². The molecule has 0 heterocycles. The van der Waals surface area contributed by atoms with Crippen LogP contribution in [-0.2, 0) is 28.6 Å². The van der Waals surface area contributed by atoms with E-state index >= 15 is 0 Å². The standard InChI is InChI=1S/C56H96O6/c1-4-7-10-13-16-19-22-25-28-31-34-37-40-43-46-49-55(58)61-52-53(51-60-54(57)48-45-42-39-36-33-30-27-24-21-18-15-12-9-6-3)62-56(59)50-47-44-41-38-35-32-29-26-23-20-17-14-11-8-5-2/h15-20,24-29,53H,4-14,21-23,30-52H2,1-3H3/b18-15-,19-16-,20-17-,27-24-,28-25-,29-26-. The van der Waals surface area contributed by atoms with Gasteiger partial charge >= 0.3 is 17.9 Å². The molecular formula is C56H96O6. The van der Waals surface area contributed by atoms with E-state index in [0.29, 0.717) is 19.3 Å². The van der Waals surface area contributed by atoms with Crippen molar-refractivity contribution in [3.05, 3.63) is 72.9 Å². The van der Waals surface area contributed by atoms with Crippen molar-refractivity contribution in [1.29, 1.82) is 0 Å². The Hall–Kier alpha value is -3.15. The van der Waals surface area contributed by atoms with Gasteiger partial charge in [-0.2, -0.15) is 0 Å². The Labute approximate surface area is 382 Å². The van der Waals surface area contributed by atoms with Gasteiger partial charge in [0.15, 0.2) is 6.10 Å². The average molecular weight is 865 g/mol. The van der Waals surface area contributed by atoms with E-state index in [0.717, 1.165) is 135 Å². The van der Waals surface area contributed by atoms with Crippen LogP contribution in [0.1, 0.15) is 245 Å². The van der Waals surface area contributed by atoms with Gasteiger partial charge < -0.3 is 14.2 Å². The number of rotatable bonds is 46. The highest BCUT2D eigenvalue weighted by Crippen LogP contribution is 2.13. The number of unbranched alkanes of at least 4 members (excludes halogenated alkanes) is 23. The van der Waals surface area contributed by atoms with Crippen LogP contribution in [0.2, 0.25) is 0 Å². The van der Waals surface area contributed by atoms with Crippen LogP contribution in [0.3, 0.4) is 0 Å². The molecule has 62 heavy (non-hydrogen) atoms. The van der Waals surface area contributed by atoms with Gasteiger partial charge in [-0.25, -0.2) is 0 Å². The zero-order valence-electron chi connectivity index (χ0n) is 40.6. The SMILES string of the molecule is CCCC/C=C\C/C=C\CCCCCCCC(=O)OCC(COC(=O)CCCCCCC/C=C\C/C=C\CCCCC)OC(=O)CCCCCCC/C=C\C/C=C\CCCCC. The van der Waals surface area contributed by atoms with E-state index in [1.165, 1.54) is 70.6 Å². The lowest BCUT2D eigenvalue weighted by molar-refractivity contribution is -0.167. The number of carbonyl (C=O) groups excluding carboxylic acids is 3. The number of hydrogen-bond acceptors (Lipinski definition) is 6. The molecule has 0 aliphatic heterocycles. The van der Waals surface area contributed by atoms with E-state index in [2.05, 4.69) is 93.7 Å². The first-order valence-electron chi connectivity index (χ1n) is 25.9. The van der Waals surface area contributed by atoms with Crippen LogP contribution in [0.15, 0.2) is 72.9 Å². The molecule has 6 heteroatoms. The second kappa shape index (κ2) is 50.5. The van der Waals surface area contributed by atoms with Crippen LogP contribution in [0.4, 0.5) is 0 Å². The molecule has 1 unspecified atom stereocenters. The van der Waals surface area contributed by atoms with Crippen LogP contribution < -0.4 is 0 Å². The van der Waals surface area contributed by atoms with Crippen LogP contribution >= 0.6 is 0 Å². The Morgan fingerprint density at radius 2 is 0.597 bits per heavy atom. The molecule has 0 fully saturated rings. The fourth-order valence-corrected chi connectivity index (χ4v) is 6.93. The number of hydrogen-bond donors (Lipinski definition) is 0. The molecule has 0 bridgehead atoms. The Morgan fingerprint density at radius 1 is 0.323 bits per heavy atom. The Balaban J connectivity index is 4.46. The largest absolute Gasteiger partial charge is 0.462 e. The van der Waals surface area contributed by atoms with Crippen LogP contribution in [0, 0.1) is 0 Å². The summed E-state index contributed by atoms with van der Waals surface area (Å²) in [6.07, 6.45) is 63.0. The van der Waals surface area contributed by atoms with E-state index in [-0.39, 0.29) is 31.1 Å². The maximum Gasteiger partial charge on any atom is 0.306 e. The summed E-state index contributed by atoms with van der Waals surface area (Å²) in [7, 11) is 0. The second-order valence-corrected chi connectivity index (χ2v) is 17.1. The van der Waals surface area contributed by atoms with Gasteiger partial charge in [0.1, 0.15) is 13.2 Å². The number of carbonyl (C=O) groups is 3. The predicted molar refractivity (Wildman–Crippen MR) is 265 cm³/mol. The van der Waals surface area contributed by atoms with Gasteiger partial charge in [-0.3, -0.25) is 14.4 Å². The average Bonchev–Trinajstić information content (AvgIpc) is 3.27. The van der Waals surface area contributed by atoms with Gasteiger partial charge in [0.25, 0.3) is 0 Å². The summed E-state index contributed by atoms with van der Waals surface area (Å²) in [4.78, 5) is 38.0. The molecular weight excluding hydrogens is 769 g/mol. The Kier molecular flexibility index (Phi) is 47.9. The summed E-state index contributed by atoms with van der Waals surface area (Å²) in [6, 6.07) is 0. The van der Waals surface area contributed by atoms with Gasteiger partial charge in [0.2, 0.25) is 0 Å². The summed E-state index contributed by atoms with van der Waals surface area (Å²) < 4.78 is 16.8. The van der Waals surface area contributed by atoms with E-state index < -0.39 is 6.10 Å². The molecule has 0 saturated carbocycles. The van der Waals surface area contributed by atoms with Gasteiger partial charge in [0.05, 0.1) is 0 Å². The zero-order chi connectivity index (χ0) is 45.1. The number of esters is 3. The number of ether oxygens (including phenoxy) is 3. The zero-order valence-corrected chi connectivity index (χ0v) is 40.6. The second-order valence-electron chi connectivity index (χ2n) is 17.1. The van der Waals surface area contributed by atoms with Crippen molar-refractivity contribution >= 4 is 17.9 Å². The smallest absolute Gasteiger partial charge is 0.306 e. The third-order valence-electron chi connectivity index (χ3n) is 10.9. The lowest BCUT2D eigenvalue weighted by atomic mass is 10.1.